The normalized spacial score (nSPS) is 15.2. The molecule has 4 nitrogen and oxygen atoms in total. The summed E-state index contributed by atoms with van der Waals surface area (Å²) in [6.07, 6.45) is 0.132. The number of amides is 1. The lowest BCUT2D eigenvalue weighted by atomic mass is 9.97. The first kappa shape index (κ1) is 14.6. The van der Waals surface area contributed by atoms with Crippen LogP contribution in [0.15, 0.2) is 48.5 Å². The summed E-state index contributed by atoms with van der Waals surface area (Å²) in [4.78, 5) is 14.2. The first-order valence-corrected chi connectivity index (χ1v) is 7.52. The maximum absolute atomic E-state index is 12.4. The molecule has 4 heteroatoms. The minimum Gasteiger partial charge on any atom is -0.398 e. The van der Waals surface area contributed by atoms with Gasteiger partial charge in [-0.3, -0.25) is 4.79 Å². The van der Waals surface area contributed by atoms with Crippen LogP contribution in [0.4, 0.5) is 5.69 Å². The van der Waals surface area contributed by atoms with E-state index >= 15 is 0 Å². The van der Waals surface area contributed by atoms with Gasteiger partial charge in [0.15, 0.2) is 0 Å². The second kappa shape index (κ2) is 6.20. The third kappa shape index (κ3) is 2.97. The fourth-order valence-electron chi connectivity index (χ4n) is 2.94. The molecular formula is C18H20N2O2. The summed E-state index contributed by atoms with van der Waals surface area (Å²) in [6, 6.07) is 15.1. The molecule has 1 unspecified atom stereocenters. The Morgan fingerprint density at radius 1 is 1.18 bits per heavy atom. The summed E-state index contributed by atoms with van der Waals surface area (Å²) in [7, 11) is 0. The molecule has 1 aliphatic heterocycles. The van der Waals surface area contributed by atoms with E-state index in [-0.39, 0.29) is 12.3 Å². The number of aliphatic hydroxyl groups excluding tert-OH is 1. The first-order valence-electron chi connectivity index (χ1n) is 7.52. The monoisotopic (exact) mass is 296 g/mol. The maximum Gasteiger partial charge on any atom is 0.225 e. The van der Waals surface area contributed by atoms with Crippen molar-refractivity contribution in [3.8, 4) is 0 Å². The van der Waals surface area contributed by atoms with Crippen molar-refractivity contribution in [2.45, 2.75) is 25.5 Å². The zero-order chi connectivity index (χ0) is 15.5. The van der Waals surface area contributed by atoms with Crippen molar-refractivity contribution in [1.29, 1.82) is 0 Å². The van der Waals surface area contributed by atoms with E-state index in [0.29, 0.717) is 13.1 Å². The van der Waals surface area contributed by atoms with Gasteiger partial charge in [-0.15, -0.1) is 0 Å². The molecule has 0 radical (unpaired) electrons. The second-order valence-electron chi connectivity index (χ2n) is 5.68. The topological polar surface area (TPSA) is 66.6 Å². The average molecular weight is 296 g/mol. The van der Waals surface area contributed by atoms with Crippen molar-refractivity contribution in [3.05, 3.63) is 65.2 Å². The number of nitrogens with two attached hydrogens (primary N) is 1. The van der Waals surface area contributed by atoms with Gasteiger partial charge in [0.1, 0.15) is 0 Å². The third-order valence-electron chi connectivity index (χ3n) is 4.21. The fourth-order valence-corrected chi connectivity index (χ4v) is 2.94. The van der Waals surface area contributed by atoms with Crippen molar-refractivity contribution in [1.82, 2.24) is 4.90 Å². The van der Waals surface area contributed by atoms with Gasteiger partial charge in [-0.25, -0.2) is 0 Å². The van der Waals surface area contributed by atoms with Crippen LogP contribution in [-0.4, -0.2) is 22.5 Å². The Balaban J connectivity index is 1.67. The Morgan fingerprint density at radius 2 is 1.95 bits per heavy atom. The highest BCUT2D eigenvalue weighted by atomic mass is 16.3. The Kier molecular flexibility index (Phi) is 4.11. The van der Waals surface area contributed by atoms with Gasteiger partial charge in [0.2, 0.25) is 5.91 Å². The number of hydrogen-bond donors (Lipinski definition) is 2. The first-order chi connectivity index (χ1) is 10.6. The number of nitrogen functional groups attached to an aromatic ring is 1. The molecule has 3 rings (SSSR count). The molecule has 0 saturated carbocycles. The van der Waals surface area contributed by atoms with Crippen LogP contribution in [0.1, 0.15) is 29.2 Å². The van der Waals surface area contributed by atoms with Crippen LogP contribution in [0.5, 0.6) is 0 Å². The lowest BCUT2D eigenvalue weighted by molar-refractivity contribution is -0.134. The lowest BCUT2D eigenvalue weighted by Gasteiger charge is -2.30. The molecule has 22 heavy (non-hydrogen) atoms. The van der Waals surface area contributed by atoms with Crippen LogP contribution in [0, 0.1) is 0 Å². The minimum absolute atomic E-state index is 0.0237. The number of carbonyl (C=O) groups excluding carboxylic acids is 1. The number of nitrogens with zero attached hydrogens (tertiary/aromatic N) is 1. The number of fused-ring (bicyclic) bond motifs is 1. The molecule has 1 atom stereocenters. The van der Waals surface area contributed by atoms with E-state index in [1.165, 1.54) is 0 Å². The smallest absolute Gasteiger partial charge is 0.225 e. The number of carbonyl (C=O) groups is 1. The van der Waals surface area contributed by atoms with Gasteiger partial charge in [-0.05, 0) is 29.2 Å². The second-order valence-corrected chi connectivity index (χ2v) is 5.68. The number of benzene rings is 2. The third-order valence-corrected chi connectivity index (χ3v) is 4.21. The summed E-state index contributed by atoms with van der Waals surface area (Å²) in [5.74, 6) is -0.0237. The van der Waals surface area contributed by atoms with Gasteiger partial charge in [-0.1, -0.05) is 42.5 Å². The SMILES string of the molecule is Nc1cccc2c1CCN(C(=O)CC(O)c1ccccc1)C2. The largest absolute Gasteiger partial charge is 0.398 e. The number of hydrogen-bond acceptors (Lipinski definition) is 3. The number of rotatable bonds is 3. The van der Waals surface area contributed by atoms with E-state index < -0.39 is 6.10 Å². The molecule has 2 aromatic carbocycles. The molecule has 114 valence electrons. The van der Waals surface area contributed by atoms with E-state index in [1.54, 1.807) is 4.90 Å². The van der Waals surface area contributed by atoms with E-state index in [4.69, 9.17) is 5.73 Å². The molecule has 1 heterocycles. The Labute approximate surface area is 130 Å². The zero-order valence-corrected chi connectivity index (χ0v) is 12.4. The lowest BCUT2D eigenvalue weighted by Crippen LogP contribution is -2.36. The van der Waals surface area contributed by atoms with Gasteiger partial charge in [0, 0.05) is 18.8 Å². The molecule has 0 spiro atoms. The van der Waals surface area contributed by atoms with Crippen LogP contribution in [0.25, 0.3) is 0 Å². The van der Waals surface area contributed by atoms with Gasteiger partial charge in [0.25, 0.3) is 0 Å². The quantitative estimate of drug-likeness (QED) is 0.854. The van der Waals surface area contributed by atoms with E-state index in [9.17, 15) is 9.90 Å². The molecule has 2 aromatic rings. The predicted octanol–water partition coefficient (Wildman–Crippen LogP) is 2.28. The average Bonchev–Trinajstić information content (AvgIpc) is 2.55. The molecular weight excluding hydrogens is 276 g/mol. The maximum atomic E-state index is 12.4. The number of anilines is 1. The van der Waals surface area contributed by atoms with Gasteiger partial charge in [0.05, 0.1) is 12.5 Å². The molecule has 1 aliphatic rings. The summed E-state index contributed by atoms with van der Waals surface area (Å²) in [6.45, 7) is 1.22. The van der Waals surface area contributed by atoms with Crippen LogP contribution in [0.3, 0.4) is 0 Å². The molecule has 0 bridgehead atoms. The van der Waals surface area contributed by atoms with Crippen molar-refractivity contribution in [3.63, 3.8) is 0 Å². The highest BCUT2D eigenvalue weighted by Gasteiger charge is 2.23. The molecule has 0 aliphatic carbocycles. The predicted molar refractivity (Wildman–Crippen MR) is 86.0 cm³/mol. The number of aliphatic hydroxyl groups is 1. The van der Waals surface area contributed by atoms with Crippen molar-refractivity contribution in [2.75, 3.05) is 12.3 Å². The summed E-state index contributed by atoms with van der Waals surface area (Å²) < 4.78 is 0. The summed E-state index contributed by atoms with van der Waals surface area (Å²) in [5.41, 5.74) is 9.81. The van der Waals surface area contributed by atoms with Crippen LogP contribution < -0.4 is 5.73 Å². The van der Waals surface area contributed by atoms with Crippen molar-refractivity contribution < 1.29 is 9.90 Å². The van der Waals surface area contributed by atoms with E-state index in [2.05, 4.69) is 0 Å². The Hall–Kier alpha value is -2.33. The Bertz CT molecular complexity index is 670. The van der Waals surface area contributed by atoms with Crippen molar-refractivity contribution in [2.24, 2.45) is 0 Å². The fraction of sp³-hybridized carbons (Fsp3) is 0.278. The standard InChI is InChI=1S/C18H20N2O2/c19-16-8-4-7-14-12-20(10-9-15(14)16)18(22)11-17(21)13-5-2-1-3-6-13/h1-8,17,21H,9-12,19H2. The molecule has 3 N–H and O–H groups in total. The molecule has 1 amide bonds. The summed E-state index contributed by atoms with van der Waals surface area (Å²) >= 11 is 0. The van der Waals surface area contributed by atoms with Gasteiger partial charge in [-0.2, -0.15) is 0 Å². The van der Waals surface area contributed by atoms with Crippen molar-refractivity contribution >= 4 is 11.6 Å². The highest BCUT2D eigenvalue weighted by Crippen LogP contribution is 2.25. The molecule has 0 aromatic heterocycles. The highest BCUT2D eigenvalue weighted by molar-refractivity contribution is 5.77. The van der Waals surface area contributed by atoms with Gasteiger partial charge >= 0.3 is 0 Å². The minimum atomic E-state index is -0.754. The summed E-state index contributed by atoms with van der Waals surface area (Å²) in [5, 5.41) is 10.2. The Morgan fingerprint density at radius 3 is 2.73 bits per heavy atom. The van der Waals surface area contributed by atoms with Gasteiger partial charge < -0.3 is 15.7 Å². The zero-order valence-electron chi connectivity index (χ0n) is 12.4. The van der Waals surface area contributed by atoms with Crippen LogP contribution in [-0.2, 0) is 17.8 Å². The van der Waals surface area contributed by atoms with E-state index in [0.717, 1.165) is 28.8 Å². The van der Waals surface area contributed by atoms with Crippen LogP contribution in [0.2, 0.25) is 0 Å². The van der Waals surface area contributed by atoms with E-state index in [1.807, 2.05) is 48.5 Å². The molecule has 0 saturated heterocycles. The molecule has 0 fully saturated rings. The van der Waals surface area contributed by atoms with Crippen LogP contribution >= 0.6 is 0 Å².